The molecule has 0 aliphatic heterocycles. The molecule has 1 aromatic carbocycles. The molecule has 0 bridgehead atoms. The first-order valence-corrected chi connectivity index (χ1v) is 10.2. The summed E-state index contributed by atoms with van der Waals surface area (Å²) in [7, 11) is 0. The van der Waals surface area contributed by atoms with E-state index in [1.165, 1.54) is 13.8 Å². The number of aliphatic carboxylic acids is 2. The van der Waals surface area contributed by atoms with E-state index in [0.29, 0.717) is 31.2 Å². The summed E-state index contributed by atoms with van der Waals surface area (Å²) in [5.41, 5.74) is 0.213. The number of benzene rings is 1. The summed E-state index contributed by atoms with van der Waals surface area (Å²) in [6.07, 6.45) is 4.01. The topological polar surface area (TPSA) is 101 Å². The predicted octanol–water partition coefficient (Wildman–Crippen LogP) is 4.80. The standard InChI is InChI=1S/C22H22Cl2O6/c1-4-6-22-7-5-12(25)9-13(22)15-11(10-22)8-14(16(23)17(15)24)30-18(19(26)27)21(2,3)20(28)29/h4,8-9,18H,1,5-7,10H2,2-3H3,(H,26,27)(H,28,29). The fourth-order valence-electron chi connectivity index (χ4n) is 4.24. The van der Waals surface area contributed by atoms with E-state index in [2.05, 4.69) is 6.58 Å². The summed E-state index contributed by atoms with van der Waals surface area (Å²) >= 11 is 13.0. The first kappa shape index (κ1) is 22.4. The van der Waals surface area contributed by atoms with Crippen LogP contribution in [0.15, 0.2) is 24.8 Å². The van der Waals surface area contributed by atoms with Crippen LogP contribution in [-0.4, -0.2) is 34.0 Å². The van der Waals surface area contributed by atoms with E-state index < -0.39 is 23.5 Å². The monoisotopic (exact) mass is 452 g/mol. The molecule has 8 heteroatoms. The summed E-state index contributed by atoms with van der Waals surface area (Å²) in [4.78, 5) is 35.4. The van der Waals surface area contributed by atoms with Gasteiger partial charge in [-0.3, -0.25) is 9.59 Å². The highest BCUT2D eigenvalue weighted by Gasteiger charge is 2.47. The molecule has 0 radical (unpaired) electrons. The number of hydrogen-bond acceptors (Lipinski definition) is 4. The highest BCUT2D eigenvalue weighted by atomic mass is 35.5. The van der Waals surface area contributed by atoms with Gasteiger partial charge in [0.15, 0.2) is 5.78 Å². The Morgan fingerprint density at radius 3 is 2.57 bits per heavy atom. The molecule has 2 atom stereocenters. The number of ketones is 1. The molecule has 0 amide bonds. The third kappa shape index (κ3) is 3.52. The van der Waals surface area contributed by atoms with Crippen LogP contribution in [0.1, 0.15) is 44.2 Å². The molecule has 6 nitrogen and oxygen atoms in total. The zero-order valence-corrected chi connectivity index (χ0v) is 18.1. The Kier molecular flexibility index (Phi) is 5.78. The summed E-state index contributed by atoms with van der Waals surface area (Å²) in [5.74, 6) is -2.74. The van der Waals surface area contributed by atoms with E-state index in [1.54, 1.807) is 18.2 Å². The predicted molar refractivity (Wildman–Crippen MR) is 113 cm³/mol. The van der Waals surface area contributed by atoms with Gasteiger partial charge in [-0.05, 0) is 56.4 Å². The Labute approximate surface area is 184 Å². The minimum Gasteiger partial charge on any atom is -0.481 e. The van der Waals surface area contributed by atoms with Gasteiger partial charge in [0.1, 0.15) is 16.2 Å². The van der Waals surface area contributed by atoms with Crippen LogP contribution in [0.25, 0.3) is 5.57 Å². The van der Waals surface area contributed by atoms with E-state index >= 15 is 0 Å². The number of carboxylic acids is 2. The van der Waals surface area contributed by atoms with Gasteiger partial charge in [0, 0.05) is 17.4 Å². The number of fused-ring (bicyclic) bond motifs is 3. The molecule has 1 aromatic rings. The van der Waals surface area contributed by atoms with Crippen molar-refractivity contribution in [3.63, 3.8) is 0 Å². The normalized spacial score (nSPS) is 21.3. The van der Waals surface area contributed by atoms with E-state index in [1.807, 2.05) is 0 Å². The van der Waals surface area contributed by atoms with Crippen molar-refractivity contribution in [1.82, 2.24) is 0 Å². The van der Waals surface area contributed by atoms with Gasteiger partial charge in [0.25, 0.3) is 0 Å². The van der Waals surface area contributed by atoms with Crippen LogP contribution < -0.4 is 4.74 Å². The Morgan fingerprint density at radius 2 is 2.00 bits per heavy atom. The molecule has 2 aliphatic carbocycles. The second kappa shape index (κ2) is 7.75. The fraction of sp³-hybridized carbons (Fsp3) is 0.409. The average molecular weight is 453 g/mol. The van der Waals surface area contributed by atoms with E-state index in [9.17, 15) is 24.6 Å². The highest BCUT2D eigenvalue weighted by molar-refractivity contribution is 6.44. The molecule has 2 unspecified atom stereocenters. The van der Waals surface area contributed by atoms with Crippen molar-refractivity contribution in [3.8, 4) is 5.75 Å². The maximum Gasteiger partial charge on any atom is 0.346 e. The van der Waals surface area contributed by atoms with E-state index in [4.69, 9.17) is 27.9 Å². The highest BCUT2D eigenvalue weighted by Crippen LogP contribution is 2.58. The van der Waals surface area contributed by atoms with Crippen molar-refractivity contribution < 1.29 is 29.3 Å². The molecule has 0 saturated carbocycles. The van der Waals surface area contributed by atoms with Gasteiger partial charge < -0.3 is 14.9 Å². The van der Waals surface area contributed by atoms with Crippen molar-refractivity contribution >= 4 is 46.5 Å². The van der Waals surface area contributed by atoms with Crippen LogP contribution >= 0.6 is 23.2 Å². The molecule has 0 spiro atoms. The maximum atomic E-state index is 12.1. The molecule has 0 aromatic heterocycles. The second-order valence-corrected chi connectivity index (χ2v) is 9.13. The lowest BCUT2D eigenvalue weighted by Crippen LogP contribution is -2.46. The van der Waals surface area contributed by atoms with Crippen LogP contribution in [0, 0.1) is 10.8 Å². The molecule has 160 valence electrons. The molecule has 0 saturated heterocycles. The number of allylic oxidation sites excluding steroid dienone is 3. The fourth-order valence-corrected chi connectivity index (χ4v) is 4.75. The zero-order chi connectivity index (χ0) is 22.4. The first-order valence-electron chi connectivity index (χ1n) is 9.44. The van der Waals surface area contributed by atoms with Crippen molar-refractivity contribution in [3.05, 3.63) is 46.0 Å². The third-order valence-corrected chi connectivity index (χ3v) is 6.84. The molecule has 3 rings (SSSR count). The summed E-state index contributed by atoms with van der Waals surface area (Å²) < 4.78 is 5.60. The van der Waals surface area contributed by atoms with Crippen LogP contribution in [0.2, 0.25) is 10.0 Å². The average Bonchev–Trinajstić information content (AvgIpc) is 2.96. The Hall–Kier alpha value is -2.31. The molecular weight excluding hydrogens is 431 g/mol. The lowest BCUT2D eigenvalue weighted by atomic mass is 9.70. The molecule has 2 aliphatic rings. The second-order valence-electron chi connectivity index (χ2n) is 8.37. The minimum absolute atomic E-state index is 0.00136. The molecular formula is C22H22Cl2O6. The summed E-state index contributed by atoms with van der Waals surface area (Å²) in [6.45, 7) is 6.36. The van der Waals surface area contributed by atoms with Gasteiger partial charge in [-0.2, -0.15) is 0 Å². The van der Waals surface area contributed by atoms with Crippen molar-refractivity contribution in [2.24, 2.45) is 10.8 Å². The number of hydrogen-bond donors (Lipinski definition) is 2. The molecule has 2 N–H and O–H groups in total. The largest absolute Gasteiger partial charge is 0.481 e. The van der Waals surface area contributed by atoms with Gasteiger partial charge in [-0.15, -0.1) is 6.58 Å². The number of halogens is 2. The molecule has 0 heterocycles. The lowest BCUT2D eigenvalue weighted by molar-refractivity contribution is -0.164. The van der Waals surface area contributed by atoms with E-state index in [-0.39, 0.29) is 27.0 Å². The maximum absolute atomic E-state index is 12.1. The van der Waals surface area contributed by atoms with Crippen LogP contribution in [0.5, 0.6) is 5.75 Å². The Morgan fingerprint density at radius 1 is 1.33 bits per heavy atom. The smallest absolute Gasteiger partial charge is 0.346 e. The van der Waals surface area contributed by atoms with Gasteiger partial charge in [0.2, 0.25) is 6.10 Å². The first-order chi connectivity index (χ1) is 13.9. The number of carbonyl (C=O) groups excluding carboxylic acids is 1. The van der Waals surface area contributed by atoms with Crippen LogP contribution in [-0.2, 0) is 20.8 Å². The van der Waals surface area contributed by atoms with Crippen LogP contribution in [0.3, 0.4) is 0 Å². The van der Waals surface area contributed by atoms with Gasteiger partial charge in [0.05, 0.1) is 5.02 Å². The minimum atomic E-state index is -1.71. The third-order valence-electron chi connectivity index (χ3n) is 5.99. The van der Waals surface area contributed by atoms with E-state index in [0.717, 1.165) is 11.1 Å². The summed E-state index contributed by atoms with van der Waals surface area (Å²) in [6, 6.07) is 1.60. The lowest BCUT2D eigenvalue weighted by Gasteiger charge is -2.32. The molecule has 0 fully saturated rings. The van der Waals surface area contributed by atoms with Crippen molar-refractivity contribution in [1.29, 1.82) is 0 Å². The number of carbonyl (C=O) groups is 3. The summed E-state index contributed by atoms with van der Waals surface area (Å²) in [5, 5.41) is 19.1. The van der Waals surface area contributed by atoms with Gasteiger partial charge in [-0.25, -0.2) is 4.79 Å². The number of carboxylic acid groups (broad SMARTS) is 2. The van der Waals surface area contributed by atoms with Crippen LogP contribution in [0.4, 0.5) is 0 Å². The zero-order valence-electron chi connectivity index (χ0n) is 16.6. The molecule has 30 heavy (non-hydrogen) atoms. The Bertz CT molecular complexity index is 994. The number of ether oxygens (including phenoxy) is 1. The number of rotatable bonds is 7. The van der Waals surface area contributed by atoms with Gasteiger partial charge in [-0.1, -0.05) is 29.3 Å². The Balaban J connectivity index is 2.11. The SMILES string of the molecule is C=CCC12CCC(=O)C=C1c1c(cc(OC(C(=O)O)C(C)(C)C(=O)O)c(Cl)c1Cl)C2. The quantitative estimate of drug-likeness (QED) is 0.576. The van der Waals surface area contributed by atoms with Gasteiger partial charge >= 0.3 is 11.9 Å². The van der Waals surface area contributed by atoms with Crippen molar-refractivity contribution in [2.45, 2.75) is 45.6 Å². The van der Waals surface area contributed by atoms with Crippen molar-refractivity contribution in [2.75, 3.05) is 0 Å².